The molecule has 7 nitrogen and oxygen atoms in total. The van der Waals surface area contributed by atoms with Crippen LogP contribution in [0.3, 0.4) is 0 Å². The normalized spacial score (nSPS) is 20.0. The second-order valence-electron chi connectivity index (χ2n) is 7.21. The van der Waals surface area contributed by atoms with Crippen LogP contribution in [-0.4, -0.2) is 56.0 Å². The van der Waals surface area contributed by atoms with Crippen LogP contribution in [0.15, 0.2) is 22.6 Å². The van der Waals surface area contributed by atoms with Crippen LogP contribution in [-0.2, 0) is 21.2 Å². The van der Waals surface area contributed by atoms with Gasteiger partial charge in [0.1, 0.15) is 18.3 Å². The van der Waals surface area contributed by atoms with Gasteiger partial charge in [-0.3, -0.25) is 0 Å². The van der Waals surface area contributed by atoms with Crippen LogP contribution >= 0.6 is 12.2 Å². The highest BCUT2D eigenvalue weighted by Crippen LogP contribution is 2.21. The minimum absolute atomic E-state index is 0.0217. The quantitative estimate of drug-likeness (QED) is 0.688. The Hall–Kier alpha value is -1.55. The Morgan fingerprint density at radius 1 is 1.33 bits per heavy atom. The summed E-state index contributed by atoms with van der Waals surface area (Å²) in [6, 6.07) is 6.13. The fraction of sp³-hybridized carbons (Fsp3) is 0.556. The first-order valence-corrected chi connectivity index (χ1v) is 11.2. The molecule has 1 unspecified atom stereocenters. The minimum Gasteiger partial charge on any atom is -0.409 e. The predicted octanol–water partition coefficient (Wildman–Crippen LogP) is 1.17. The van der Waals surface area contributed by atoms with Gasteiger partial charge in [-0.25, -0.2) is 8.42 Å². The maximum absolute atomic E-state index is 11.9. The Kier molecular flexibility index (Phi) is 6.15. The van der Waals surface area contributed by atoms with Gasteiger partial charge in [0.2, 0.25) is 5.89 Å². The van der Waals surface area contributed by atoms with E-state index in [1.165, 1.54) is 0 Å². The van der Waals surface area contributed by atoms with Gasteiger partial charge in [-0.1, -0.05) is 17.2 Å². The lowest BCUT2D eigenvalue weighted by Gasteiger charge is -2.24. The van der Waals surface area contributed by atoms with E-state index in [0.717, 1.165) is 21.6 Å². The summed E-state index contributed by atoms with van der Waals surface area (Å²) in [5.74, 6) is 0.921. The Labute approximate surface area is 164 Å². The molecule has 1 fully saturated rings. The monoisotopic (exact) mass is 412 g/mol. The van der Waals surface area contributed by atoms with E-state index in [1.54, 1.807) is 11.8 Å². The molecule has 0 saturated carbocycles. The van der Waals surface area contributed by atoms with Crippen LogP contribution < -0.4 is 4.90 Å². The van der Waals surface area contributed by atoms with Crippen molar-refractivity contribution in [1.82, 2.24) is 9.78 Å². The Morgan fingerprint density at radius 3 is 2.63 bits per heavy atom. The van der Waals surface area contributed by atoms with Gasteiger partial charge in [0, 0.05) is 19.1 Å². The molecule has 0 radical (unpaired) electrons. The van der Waals surface area contributed by atoms with Crippen molar-refractivity contribution in [2.45, 2.75) is 33.0 Å². The van der Waals surface area contributed by atoms with E-state index in [2.05, 4.69) is 11.2 Å². The van der Waals surface area contributed by atoms with Crippen LogP contribution in [0.1, 0.15) is 17.5 Å². The number of nitrogens with one attached hydrogen (secondary N) is 1. The number of hydrogen-bond donors (Lipinski definition) is 1. The first-order chi connectivity index (χ1) is 12.8. The van der Waals surface area contributed by atoms with Crippen LogP contribution in [0.2, 0.25) is 0 Å². The summed E-state index contributed by atoms with van der Waals surface area (Å²) in [5.41, 5.74) is 3.15. The summed E-state index contributed by atoms with van der Waals surface area (Å²) < 4.78 is 36.3. The van der Waals surface area contributed by atoms with E-state index in [-0.39, 0.29) is 17.5 Å². The zero-order chi connectivity index (χ0) is 19.6. The number of rotatable bonds is 7. The molecule has 0 amide bonds. The van der Waals surface area contributed by atoms with Gasteiger partial charge in [0.05, 0.1) is 12.4 Å². The second-order valence-corrected chi connectivity index (χ2v) is 9.79. The van der Waals surface area contributed by atoms with E-state index in [0.29, 0.717) is 37.0 Å². The number of aryl methyl sites for hydroxylation is 2. The maximum Gasteiger partial charge on any atom is 0.292 e. The molecule has 2 aromatic rings. The van der Waals surface area contributed by atoms with Crippen molar-refractivity contribution in [3.05, 3.63) is 34.2 Å². The molecular formula is C18H26N3O4S2+. The number of hydrogen-bond acceptors (Lipinski definition) is 6. The van der Waals surface area contributed by atoms with Crippen molar-refractivity contribution in [3.63, 3.8) is 0 Å². The van der Waals surface area contributed by atoms with Crippen LogP contribution in [0.25, 0.3) is 11.5 Å². The Balaban J connectivity index is 1.84. The molecule has 0 bridgehead atoms. The molecule has 1 N–H and O–H groups in total. The molecule has 1 saturated heterocycles. The highest BCUT2D eigenvalue weighted by Gasteiger charge is 2.35. The lowest BCUT2D eigenvalue weighted by atomic mass is 10.1. The molecule has 1 aliphatic rings. The summed E-state index contributed by atoms with van der Waals surface area (Å²) in [5, 5.41) is 4.55. The first kappa shape index (κ1) is 20.2. The van der Waals surface area contributed by atoms with E-state index in [9.17, 15) is 8.42 Å². The van der Waals surface area contributed by atoms with Crippen molar-refractivity contribution in [2.24, 2.45) is 0 Å². The van der Waals surface area contributed by atoms with Crippen LogP contribution in [0, 0.1) is 18.7 Å². The fourth-order valence-electron chi connectivity index (χ4n) is 3.58. The van der Waals surface area contributed by atoms with Crippen molar-refractivity contribution >= 4 is 22.1 Å². The minimum atomic E-state index is -2.96. The van der Waals surface area contributed by atoms with E-state index in [4.69, 9.17) is 21.4 Å². The van der Waals surface area contributed by atoms with Crippen molar-refractivity contribution in [1.29, 1.82) is 0 Å². The summed E-state index contributed by atoms with van der Waals surface area (Å²) in [6.45, 7) is 5.74. The summed E-state index contributed by atoms with van der Waals surface area (Å²) >= 11 is 5.36. The summed E-state index contributed by atoms with van der Waals surface area (Å²) in [6.07, 6.45) is 0.649. The molecule has 1 aromatic heterocycles. The predicted molar refractivity (Wildman–Crippen MR) is 105 cm³/mol. The maximum atomic E-state index is 11.9. The largest absolute Gasteiger partial charge is 0.409 e. The zero-order valence-electron chi connectivity index (χ0n) is 15.9. The smallest absolute Gasteiger partial charge is 0.292 e. The van der Waals surface area contributed by atoms with Gasteiger partial charge < -0.3 is 14.1 Å². The van der Waals surface area contributed by atoms with Gasteiger partial charge in [-0.05, 0) is 38.2 Å². The number of sulfone groups is 1. The molecule has 148 valence electrons. The average molecular weight is 413 g/mol. The van der Waals surface area contributed by atoms with Gasteiger partial charge in [0.25, 0.3) is 4.84 Å². The molecule has 27 heavy (non-hydrogen) atoms. The lowest BCUT2D eigenvalue weighted by Crippen LogP contribution is -3.16. The topological polar surface area (TPSA) is 78.8 Å². The van der Waals surface area contributed by atoms with Crippen molar-refractivity contribution in [2.75, 3.05) is 31.8 Å². The highest BCUT2D eigenvalue weighted by atomic mass is 32.2. The standard InChI is InChI=1S/C18H25N3O4S2/c1-13-8-14(2)10-15(9-13)17-19-21(18(26)25-17)12-20(5-6-24-3)16-4-7-27(22,23)11-16/h8-10,16H,4-7,11-12H2,1-3H3/p+1/t16-/m0/s1. The third kappa shape index (κ3) is 5.04. The lowest BCUT2D eigenvalue weighted by molar-refractivity contribution is -0.945. The van der Waals surface area contributed by atoms with E-state index in [1.807, 2.05) is 26.0 Å². The number of ether oxygens (including phenoxy) is 1. The number of quaternary nitrogens is 1. The fourth-order valence-corrected chi connectivity index (χ4v) is 5.59. The number of benzene rings is 1. The molecule has 0 spiro atoms. The number of aromatic nitrogens is 2. The van der Waals surface area contributed by atoms with Gasteiger partial charge in [-0.15, -0.1) is 5.10 Å². The molecular weight excluding hydrogens is 386 g/mol. The van der Waals surface area contributed by atoms with Crippen molar-refractivity contribution < 1.29 is 22.5 Å². The van der Waals surface area contributed by atoms with Gasteiger partial charge >= 0.3 is 0 Å². The zero-order valence-corrected chi connectivity index (χ0v) is 17.5. The third-order valence-corrected chi connectivity index (χ3v) is 6.93. The summed E-state index contributed by atoms with van der Waals surface area (Å²) in [7, 11) is -1.31. The molecule has 9 heteroatoms. The first-order valence-electron chi connectivity index (χ1n) is 8.98. The van der Waals surface area contributed by atoms with E-state index >= 15 is 0 Å². The van der Waals surface area contributed by atoms with Gasteiger partial charge in [0.15, 0.2) is 16.5 Å². The van der Waals surface area contributed by atoms with Crippen molar-refractivity contribution in [3.8, 4) is 11.5 Å². The SMILES string of the molecule is COCC[NH+](Cn1nc(-c2cc(C)cc(C)c2)oc1=S)[C@H]1CCS(=O)(=O)C1. The van der Waals surface area contributed by atoms with E-state index < -0.39 is 9.84 Å². The Bertz CT molecular complexity index is 945. The molecule has 2 atom stereocenters. The molecule has 1 aliphatic heterocycles. The molecule has 0 aliphatic carbocycles. The average Bonchev–Trinajstić information content (AvgIpc) is 3.13. The highest BCUT2D eigenvalue weighted by molar-refractivity contribution is 7.91. The third-order valence-electron chi connectivity index (χ3n) is 4.86. The van der Waals surface area contributed by atoms with Crippen LogP contribution in [0.5, 0.6) is 0 Å². The molecule has 3 rings (SSSR count). The summed E-state index contributed by atoms with van der Waals surface area (Å²) in [4.78, 5) is 1.38. The molecule has 2 heterocycles. The molecule has 1 aromatic carbocycles. The Morgan fingerprint density at radius 2 is 2.04 bits per heavy atom. The number of methoxy groups -OCH3 is 1. The van der Waals surface area contributed by atoms with Crippen LogP contribution in [0.4, 0.5) is 0 Å². The van der Waals surface area contributed by atoms with Gasteiger partial charge in [-0.2, -0.15) is 4.68 Å². The number of nitrogens with zero attached hydrogens (tertiary/aromatic N) is 2. The second kappa shape index (κ2) is 8.22.